The Morgan fingerprint density at radius 2 is 2.19 bits per heavy atom. The minimum Gasteiger partial charge on any atom is -0.313 e. The number of benzene rings is 1. The van der Waals surface area contributed by atoms with Gasteiger partial charge < -0.3 is 5.32 Å². The number of hydrogen-bond acceptors (Lipinski definition) is 1. The van der Waals surface area contributed by atoms with Crippen LogP contribution in [0.3, 0.4) is 0 Å². The molecule has 1 rings (SSSR count). The molecule has 0 unspecified atom stereocenters. The Morgan fingerprint density at radius 1 is 1.44 bits per heavy atom. The van der Waals surface area contributed by atoms with Gasteiger partial charge >= 0.3 is 0 Å². The molecule has 0 radical (unpaired) electrons. The van der Waals surface area contributed by atoms with Gasteiger partial charge in [0, 0.05) is 6.54 Å². The average Bonchev–Trinajstić information content (AvgIpc) is 2.23. The number of hydrogen-bond donors (Lipinski definition) is 1. The highest BCUT2D eigenvalue weighted by Crippen LogP contribution is 2.13. The second kappa shape index (κ2) is 6.44. The van der Waals surface area contributed by atoms with Crippen molar-refractivity contribution < 1.29 is 4.39 Å². The molecule has 1 aromatic rings. The third kappa shape index (κ3) is 4.15. The maximum absolute atomic E-state index is 12.9. The third-order valence-corrected chi connectivity index (χ3v) is 2.46. The van der Waals surface area contributed by atoms with Crippen LogP contribution in [0.1, 0.15) is 31.4 Å². The molecule has 1 aromatic carbocycles. The largest absolute Gasteiger partial charge is 0.313 e. The number of rotatable bonds is 5. The van der Waals surface area contributed by atoms with Crippen molar-refractivity contribution in [2.24, 2.45) is 0 Å². The molecular weight excluding hydrogens is 201 g/mol. The lowest BCUT2D eigenvalue weighted by molar-refractivity contribution is 0.626. The molecule has 16 heavy (non-hydrogen) atoms. The van der Waals surface area contributed by atoms with Gasteiger partial charge in [0.25, 0.3) is 0 Å². The summed E-state index contributed by atoms with van der Waals surface area (Å²) in [7, 11) is 0. The van der Waals surface area contributed by atoms with E-state index in [9.17, 15) is 4.39 Å². The van der Waals surface area contributed by atoms with Crippen molar-refractivity contribution in [2.45, 2.75) is 27.2 Å². The average molecular weight is 221 g/mol. The molecular formula is C14H20FN. The Balaban J connectivity index is 2.66. The first-order chi connectivity index (χ1) is 7.63. The SMILES string of the molecule is CCCNCC(C)=Cc1ccc(F)cc1C. The van der Waals surface area contributed by atoms with E-state index in [1.165, 1.54) is 11.6 Å². The Labute approximate surface area is 97.4 Å². The van der Waals surface area contributed by atoms with Crippen molar-refractivity contribution in [2.75, 3.05) is 13.1 Å². The first kappa shape index (κ1) is 12.9. The third-order valence-electron chi connectivity index (χ3n) is 2.46. The minimum absolute atomic E-state index is 0.170. The molecule has 0 saturated carbocycles. The highest BCUT2D eigenvalue weighted by atomic mass is 19.1. The van der Waals surface area contributed by atoms with E-state index in [0.29, 0.717) is 0 Å². The monoisotopic (exact) mass is 221 g/mol. The molecule has 0 bridgehead atoms. The summed E-state index contributed by atoms with van der Waals surface area (Å²) in [6.45, 7) is 8.10. The van der Waals surface area contributed by atoms with Gasteiger partial charge in [-0.1, -0.05) is 24.6 Å². The van der Waals surface area contributed by atoms with Crippen LogP contribution in [0, 0.1) is 12.7 Å². The fourth-order valence-electron chi connectivity index (χ4n) is 1.58. The van der Waals surface area contributed by atoms with Crippen molar-refractivity contribution in [1.29, 1.82) is 0 Å². The summed E-state index contributed by atoms with van der Waals surface area (Å²) in [5.74, 6) is -0.170. The normalized spacial score (nSPS) is 11.9. The van der Waals surface area contributed by atoms with Gasteiger partial charge in [-0.2, -0.15) is 0 Å². The van der Waals surface area contributed by atoms with E-state index in [4.69, 9.17) is 0 Å². The predicted molar refractivity (Wildman–Crippen MR) is 67.9 cm³/mol. The van der Waals surface area contributed by atoms with Gasteiger partial charge in [-0.3, -0.25) is 0 Å². The molecule has 0 aromatic heterocycles. The zero-order valence-corrected chi connectivity index (χ0v) is 10.3. The second-order valence-corrected chi connectivity index (χ2v) is 4.17. The van der Waals surface area contributed by atoms with E-state index in [2.05, 4.69) is 25.2 Å². The summed E-state index contributed by atoms with van der Waals surface area (Å²) in [4.78, 5) is 0. The van der Waals surface area contributed by atoms with E-state index < -0.39 is 0 Å². The fraction of sp³-hybridized carbons (Fsp3) is 0.429. The summed E-state index contributed by atoms with van der Waals surface area (Å²) in [6, 6.07) is 4.90. The Hall–Kier alpha value is -1.15. The standard InChI is InChI=1S/C14H20FN/c1-4-7-16-10-11(2)8-13-5-6-14(15)9-12(13)3/h5-6,8-9,16H,4,7,10H2,1-3H3. The molecule has 2 heteroatoms. The molecule has 0 saturated heterocycles. The molecule has 0 aliphatic carbocycles. The van der Waals surface area contributed by atoms with Crippen LogP contribution < -0.4 is 5.32 Å². The maximum atomic E-state index is 12.9. The van der Waals surface area contributed by atoms with Crippen molar-refractivity contribution in [1.82, 2.24) is 5.32 Å². The van der Waals surface area contributed by atoms with Crippen LogP contribution in [0.2, 0.25) is 0 Å². The predicted octanol–water partition coefficient (Wildman–Crippen LogP) is 3.54. The topological polar surface area (TPSA) is 12.0 Å². The molecule has 1 N–H and O–H groups in total. The molecule has 0 aliphatic heterocycles. The highest BCUT2D eigenvalue weighted by Gasteiger charge is 1.98. The number of aryl methyl sites for hydroxylation is 1. The molecule has 0 atom stereocenters. The first-order valence-corrected chi connectivity index (χ1v) is 5.77. The summed E-state index contributed by atoms with van der Waals surface area (Å²) in [6.07, 6.45) is 3.25. The summed E-state index contributed by atoms with van der Waals surface area (Å²) < 4.78 is 12.9. The molecule has 0 fully saturated rings. The molecule has 0 heterocycles. The Bertz CT molecular complexity index is 369. The summed E-state index contributed by atoms with van der Waals surface area (Å²) >= 11 is 0. The van der Waals surface area contributed by atoms with Crippen molar-refractivity contribution >= 4 is 6.08 Å². The van der Waals surface area contributed by atoms with Crippen LogP contribution in [0.25, 0.3) is 6.08 Å². The highest BCUT2D eigenvalue weighted by molar-refractivity contribution is 5.56. The molecule has 0 aliphatic rings. The van der Waals surface area contributed by atoms with Gasteiger partial charge in [0.2, 0.25) is 0 Å². The zero-order valence-electron chi connectivity index (χ0n) is 10.3. The molecule has 0 spiro atoms. The lowest BCUT2D eigenvalue weighted by atomic mass is 10.1. The van der Waals surface area contributed by atoms with E-state index >= 15 is 0 Å². The quantitative estimate of drug-likeness (QED) is 0.750. The zero-order chi connectivity index (χ0) is 12.0. The number of halogens is 1. The molecule has 88 valence electrons. The van der Waals surface area contributed by atoms with Crippen LogP contribution in [0.5, 0.6) is 0 Å². The van der Waals surface area contributed by atoms with Gasteiger partial charge in [0.1, 0.15) is 5.82 Å². The van der Waals surface area contributed by atoms with Crippen LogP contribution in [-0.2, 0) is 0 Å². The van der Waals surface area contributed by atoms with Crippen LogP contribution in [-0.4, -0.2) is 13.1 Å². The van der Waals surface area contributed by atoms with Gasteiger partial charge in [0.15, 0.2) is 0 Å². The number of nitrogens with one attached hydrogen (secondary N) is 1. The lowest BCUT2D eigenvalue weighted by Gasteiger charge is -2.05. The van der Waals surface area contributed by atoms with E-state index in [-0.39, 0.29) is 5.82 Å². The minimum atomic E-state index is -0.170. The van der Waals surface area contributed by atoms with Crippen LogP contribution in [0.15, 0.2) is 23.8 Å². The van der Waals surface area contributed by atoms with E-state index in [0.717, 1.165) is 30.6 Å². The van der Waals surface area contributed by atoms with Crippen molar-refractivity contribution in [3.8, 4) is 0 Å². The Kier molecular flexibility index (Phi) is 5.20. The van der Waals surface area contributed by atoms with Crippen molar-refractivity contribution in [3.63, 3.8) is 0 Å². The van der Waals surface area contributed by atoms with Gasteiger partial charge in [-0.15, -0.1) is 0 Å². The first-order valence-electron chi connectivity index (χ1n) is 5.77. The second-order valence-electron chi connectivity index (χ2n) is 4.17. The summed E-state index contributed by atoms with van der Waals surface area (Å²) in [5.41, 5.74) is 3.34. The lowest BCUT2D eigenvalue weighted by Crippen LogP contribution is -2.16. The van der Waals surface area contributed by atoms with Crippen molar-refractivity contribution in [3.05, 3.63) is 40.7 Å². The van der Waals surface area contributed by atoms with Gasteiger partial charge in [0.05, 0.1) is 0 Å². The van der Waals surface area contributed by atoms with Gasteiger partial charge in [-0.05, 0) is 50.1 Å². The molecule has 0 amide bonds. The van der Waals surface area contributed by atoms with Crippen LogP contribution in [0.4, 0.5) is 4.39 Å². The van der Waals surface area contributed by atoms with Gasteiger partial charge in [-0.25, -0.2) is 4.39 Å². The summed E-state index contributed by atoms with van der Waals surface area (Å²) in [5, 5.41) is 3.34. The smallest absolute Gasteiger partial charge is 0.123 e. The fourth-order valence-corrected chi connectivity index (χ4v) is 1.58. The molecule has 1 nitrogen and oxygen atoms in total. The van der Waals surface area contributed by atoms with Crippen LogP contribution >= 0.6 is 0 Å². The van der Waals surface area contributed by atoms with E-state index in [1.807, 2.05) is 13.0 Å². The maximum Gasteiger partial charge on any atom is 0.123 e. The van der Waals surface area contributed by atoms with E-state index in [1.54, 1.807) is 6.07 Å². The Morgan fingerprint density at radius 3 is 2.81 bits per heavy atom.